The number of aromatic nitrogens is 1. The number of nitrogens with one attached hydrogen (secondary N) is 1. The molecule has 29 heavy (non-hydrogen) atoms. The van der Waals surface area contributed by atoms with E-state index in [0.29, 0.717) is 27.3 Å². The van der Waals surface area contributed by atoms with Gasteiger partial charge < -0.3 is 20.5 Å². The maximum atomic E-state index is 6.19. The lowest BCUT2D eigenvalue weighted by molar-refractivity contribution is 0.381. The molecule has 1 heterocycles. The Morgan fingerprint density at radius 3 is 2.66 bits per heavy atom. The Labute approximate surface area is 181 Å². The fraction of sp³-hybridized carbons (Fsp3) is 0.318. The number of hydrogen-bond acceptors (Lipinski definition) is 5. The number of benzene rings is 2. The molecule has 1 unspecified atom stereocenters. The summed E-state index contributed by atoms with van der Waals surface area (Å²) in [6, 6.07) is 9.20. The van der Waals surface area contributed by atoms with Gasteiger partial charge in [-0.2, -0.15) is 0 Å². The van der Waals surface area contributed by atoms with Crippen LogP contribution in [-0.2, 0) is 0 Å². The van der Waals surface area contributed by atoms with Crippen LogP contribution in [0.1, 0.15) is 25.3 Å². The standard InChI is InChI=1S/C22H25Cl2N3O2/c1-13-8-10-27-21-18(26-9-4-5-14(2)25)12-19(28-3)22(20(13)21)29-15-6-7-16(23)17(24)11-15/h6-8,10-12,14,26H,4-5,9,25H2,1-3H3. The average molecular weight is 434 g/mol. The van der Waals surface area contributed by atoms with Gasteiger partial charge in [0.25, 0.3) is 0 Å². The first-order valence-corrected chi connectivity index (χ1v) is 10.2. The van der Waals surface area contributed by atoms with Gasteiger partial charge in [-0.3, -0.25) is 4.98 Å². The van der Waals surface area contributed by atoms with E-state index in [-0.39, 0.29) is 6.04 Å². The zero-order valence-electron chi connectivity index (χ0n) is 16.8. The summed E-state index contributed by atoms with van der Waals surface area (Å²) in [4.78, 5) is 4.60. The molecule has 0 spiro atoms. The van der Waals surface area contributed by atoms with Gasteiger partial charge in [-0.25, -0.2) is 0 Å². The van der Waals surface area contributed by atoms with Crippen LogP contribution in [-0.4, -0.2) is 24.7 Å². The Hall–Kier alpha value is -2.21. The molecule has 1 aromatic heterocycles. The fourth-order valence-electron chi connectivity index (χ4n) is 3.13. The number of halogens is 2. The number of ether oxygens (including phenoxy) is 2. The number of methoxy groups -OCH3 is 1. The molecule has 5 nitrogen and oxygen atoms in total. The molecule has 0 saturated heterocycles. The molecular weight excluding hydrogens is 409 g/mol. The van der Waals surface area contributed by atoms with Crippen LogP contribution in [0.25, 0.3) is 10.9 Å². The highest BCUT2D eigenvalue weighted by Crippen LogP contribution is 2.43. The van der Waals surface area contributed by atoms with Crippen molar-refractivity contribution in [3.8, 4) is 17.2 Å². The molecule has 0 bridgehead atoms. The molecule has 1 atom stereocenters. The minimum atomic E-state index is 0.186. The maximum absolute atomic E-state index is 6.19. The topological polar surface area (TPSA) is 69.4 Å². The Balaban J connectivity index is 2.03. The van der Waals surface area contributed by atoms with Crippen LogP contribution in [0.2, 0.25) is 10.0 Å². The summed E-state index contributed by atoms with van der Waals surface area (Å²) >= 11 is 12.2. The van der Waals surface area contributed by atoms with E-state index >= 15 is 0 Å². The Bertz CT molecular complexity index is 1010. The van der Waals surface area contributed by atoms with Crippen LogP contribution in [0, 0.1) is 6.92 Å². The molecule has 154 valence electrons. The van der Waals surface area contributed by atoms with Gasteiger partial charge in [0.15, 0.2) is 11.5 Å². The number of rotatable bonds is 8. The molecule has 0 radical (unpaired) electrons. The number of fused-ring (bicyclic) bond motifs is 1. The van der Waals surface area contributed by atoms with Crippen LogP contribution in [0.3, 0.4) is 0 Å². The van der Waals surface area contributed by atoms with Gasteiger partial charge in [0, 0.05) is 30.9 Å². The van der Waals surface area contributed by atoms with E-state index in [1.165, 1.54) is 0 Å². The Morgan fingerprint density at radius 2 is 1.97 bits per heavy atom. The van der Waals surface area contributed by atoms with E-state index < -0.39 is 0 Å². The molecule has 0 aliphatic rings. The number of nitrogens with zero attached hydrogens (tertiary/aromatic N) is 1. The smallest absolute Gasteiger partial charge is 0.179 e. The van der Waals surface area contributed by atoms with Gasteiger partial charge >= 0.3 is 0 Å². The van der Waals surface area contributed by atoms with Gasteiger partial charge in [0.2, 0.25) is 0 Å². The molecule has 0 amide bonds. The molecular formula is C22H25Cl2N3O2. The van der Waals surface area contributed by atoms with Crippen molar-refractivity contribution >= 4 is 39.8 Å². The molecule has 0 aliphatic carbocycles. The van der Waals surface area contributed by atoms with Crippen molar-refractivity contribution in [2.24, 2.45) is 5.73 Å². The molecule has 0 saturated carbocycles. The van der Waals surface area contributed by atoms with Crippen molar-refractivity contribution in [1.82, 2.24) is 4.98 Å². The molecule has 2 aromatic carbocycles. The van der Waals surface area contributed by atoms with E-state index in [0.717, 1.165) is 41.5 Å². The summed E-state index contributed by atoms with van der Waals surface area (Å²) in [5.41, 5.74) is 8.59. The lowest BCUT2D eigenvalue weighted by Gasteiger charge is -2.18. The highest BCUT2D eigenvalue weighted by molar-refractivity contribution is 6.42. The zero-order chi connectivity index (χ0) is 21.0. The molecule has 3 aromatic rings. The third kappa shape index (κ3) is 5.04. The largest absolute Gasteiger partial charge is 0.493 e. The van der Waals surface area contributed by atoms with Crippen molar-refractivity contribution < 1.29 is 9.47 Å². The average Bonchev–Trinajstić information content (AvgIpc) is 2.69. The number of aryl methyl sites for hydroxylation is 1. The SMILES string of the molecule is COc1cc(NCCCC(C)N)c2nccc(C)c2c1Oc1ccc(Cl)c(Cl)c1. The van der Waals surface area contributed by atoms with Crippen molar-refractivity contribution in [3.63, 3.8) is 0 Å². The molecule has 0 fully saturated rings. The van der Waals surface area contributed by atoms with E-state index in [1.807, 2.05) is 26.0 Å². The predicted octanol–water partition coefficient (Wildman–Crippen LogP) is 6.19. The first-order valence-electron chi connectivity index (χ1n) is 9.49. The quantitative estimate of drug-likeness (QED) is 0.414. The first-order chi connectivity index (χ1) is 13.9. The zero-order valence-corrected chi connectivity index (χ0v) is 18.3. The molecule has 3 rings (SSSR count). The van der Waals surface area contributed by atoms with Crippen molar-refractivity contribution in [1.29, 1.82) is 0 Å². The molecule has 7 heteroatoms. The van der Waals surface area contributed by atoms with Gasteiger partial charge in [0.1, 0.15) is 5.75 Å². The minimum Gasteiger partial charge on any atom is -0.493 e. The van der Waals surface area contributed by atoms with E-state index in [1.54, 1.807) is 31.5 Å². The predicted molar refractivity (Wildman–Crippen MR) is 121 cm³/mol. The van der Waals surface area contributed by atoms with Gasteiger partial charge in [-0.1, -0.05) is 23.2 Å². The summed E-state index contributed by atoms with van der Waals surface area (Å²) in [7, 11) is 1.62. The van der Waals surface area contributed by atoms with Crippen LogP contribution in [0.5, 0.6) is 17.2 Å². The van der Waals surface area contributed by atoms with E-state index in [4.69, 9.17) is 38.4 Å². The summed E-state index contributed by atoms with van der Waals surface area (Å²) in [5.74, 6) is 1.77. The number of nitrogens with two attached hydrogens (primary N) is 1. The molecule has 0 aliphatic heterocycles. The molecule has 3 N–H and O–H groups in total. The second-order valence-corrected chi connectivity index (χ2v) is 7.85. The highest BCUT2D eigenvalue weighted by Gasteiger charge is 2.18. The fourth-order valence-corrected chi connectivity index (χ4v) is 3.42. The van der Waals surface area contributed by atoms with Crippen LogP contribution in [0.15, 0.2) is 36.5 Å². The third-order valence-corrected chi connectivity index (χ3v) is 5.36. The van der Waals surface area contributed by atoms with Crippen LogP contribution >= 0.6 is 23.2 Å². The first kappa shape index (κ1) is 21.5. The summed E-state index contributed by atoms with van der Waals surface area (Å²) in [6.07, 6.45) is 3.71. The summed E-state index contributed by atoms with van der Waals surface area (Å²) in [6.45, 7) is 4.83. The number of pyridine rings is 1. The Morgan fingerprint density at radius 1 is 1.17 bits per heavy atom. The third-order valence-electron chi connectivity index (χ3n) is 4.62. The van der Waals surface area contributed by atoms with Crippen LogP contribution < -0.4 is 20.5 Å². The van der Waals surface area contributed by atoms with Gasteiger partial charge in [-0.05, 0) is 50.5 Å². The van der Waals surface area contributed by atoms with Crippen LogP contribution in [0.4, 0.5) is 5.69 Å². The van der Waals surface area contributed by atoms with Gasteiger partial charge in [0.05, 0.1) is 33.7 Å². The second kappa shape index (κ2) is 9.53. The maximum Gasteiger partial charge on any atom is 0.179 e. The lowest BCUT2D eigenvalue weighted by Crippen LogP contribution is -2.16. The summed E-state index contributed by atoms with van der Waals surface area (Å²) < 4.78 is 11.8. The highest BCUT2D eigenvalue weighted by atomic mass is 35.5. The Kier molecular flexibility index (Phi) is 7.06. The van der Waals surface area contributed by atoms with Crippen molar-refractivity contribution in [3.05, 3.63) is 52.1 Å². The normalized spacial score (nSPS) is 12.1. The lowest BCUT2D eigenvalue weighted by atomic mass is 10.1. The summed E-state index contributed by atoms with van der Waals surface area (Å²) in [5, 5.41) is 5.24. The van der Waals surface area contributed by atoms with E-state index in [2.05, 4.69) is 10.3 Å². The number of hydrogen-bond donors (Lipinski definition) is 2. The van der Waals surface area contributed by atoms with Crippen molar-refractivity contribution in [2.75, 3.05) is 19.0 Å². The monoisotopic (exact) mass is 433 g/mol. The minimum absolute atomic E-state index is 0.186. The van der Waals surface area contributed by atoms with E-state index in [9.17, 15) is 0 Å². The van der Waals surface area contributed by atoms with Crippen molar-refractivity contribution in [2.45, 2.75) is 32.7 Å². The second-order valence-electron chi connectivity index (χ2n) is 7.03. The number of anilines is 1. The van der Waals surface area contributed by atoms with Gasteiger partial charge in [-0.15, -0.1) is 0 Å².